The van der Waals surface area contributed by atoms with Crippen molar-refractivity contribution in [1.82, 2.24) is 9.80 Å². The summed E-state index contributed by atoms with van der Waals surface area (Å²) in [6.45, 7) is 6.54. The highest BCUT2D eigenvalue weighted by Gasteiger charge is 2.35. The van der Waals surface area contributed by atoms with E-state index in [9.17, 15) is 9.59 Å². The van der Waals surface area contributed by atoms with E-state index in [1.165, 1.54) is 0 Å². The number of carbonyl (C=O) groups is 2. The lowest BCUT2D eigenvalue weighted by molar-refractivity contribution is -0.137. The van der Waals surface area contributed by atoms with Gasteiger partial charge in [-0.05, 0) is 46.5 Å². The Bertz CT molecular complexity index is 361. The molecule has 1 aliphatic rings. The summed E-state index contributed by atoms with van der Waals surface area (Å²) in [5.41, 5.74) is -0.423. The van der Waals surface area contributed by atoms with E-state index in [1.54, 1.807) is 4.90 Å². The molecule has 0 atom stereocenters. The SMILES string of the molecule is CC(C)(C)N(CCC(=O)O)C(=O)N(CCCO)C1CCC1. The first-order valence-corrected chi connectivity index (χ1v) is 7.68. The number of carboxylic acids is 1. The molecule has 6 nitrogen and oxygen atoms in total. The largest absolute Gasteiger partial charge is 0.481 e. The molecule has 0 aromatic rings. The van der Waals surface area contributed by atoms with Crippen molar-refractivity contribution in [2.75, 3.05) is 19.7 Å². The molecule has 0 heterocycles. The van der Waals surface area contributed by atoms with Gasteiger partial charge in [-0.25, -0.2) is 4.79 Å². The zero-order valence-electron chi connectivity index (χ0n) is 13.3. The first kappa shape index (κ1) is 17.8. The minimum Gasteiger partial charge on any atom is -0.481 e. The molecule has 6 heteroatoms. The Balaban J connectivity index is 2.80. The van der Waals surface area contributed by atoms with Crippen LogP contribution in [0.1, 0.15) is 52.9 Å². The van der Waals surface area contributed by atoms with E-state index in [-0.39, 0.29) is 31.6 Å². The number of carboxylic acid groups (broad SMARTS) is 1. The van der Waals surface area contributed by atoms with Crippen molar-refractivity contribution in [3.8, 4) is 0 Å². The lowest BCUT2D eigenvalue weighted by atomic mass is 9.91. The number of hydrogen-bond acceptors (Lipinski definition) is 3. The number of aliphatic hydroxyl groups excluding tert-OH is 1. The molecule has 0 unspecified atom stereocenters. The topological polar surface area (TPSA) is 81.1 Å². The summed E-state index contributed by atoms with van der Waals surface area (Å²) in [5.74, 6) is -0.900. The third-order valence-corrected chi connectivity index (χ3v) is 3.91. The normalized spacial score (nSPS) is 15.4. The maximum absolute atomic E-state index is 12.8. The summed E-state index contributed by atoms with van der Waals surface area (Å²) in [5, 5.41) is 17.9. The van der Waals surface area contributed by atoms with Gasteiger partial charge < -0.3 is 20.0 Å². The predicted octanol–water partition coefficient (Wildman–Crippen LogP) is 1.92. The lowest BCUT2D eigenvalue weighted by Crippen LogP contribution is -2.56. The lowest BCUT2D eigenvalue weighted by Gasteiger charge is -2.44. The molecule has 1 aliphatic carbocycles. The summed E-state index contributed by atoms with van der Waals surface area (Å²) >= 11 is 0. The summed E-state index contributed by atoms with van der Waals surface area (Å²) in [6, 6.07) is 0.126. The monoisotopic (exact) mass is 300 g/mol. The second kappa shape index (κ2) is 7.64. The summed E-state index contributed by atoms with van der Waals surface area (Å²) < 4.78 is 0. The summed E-state index contributed by atoms with van der Waals surface area (Å²) in [6.07, 6.45) is 3.61. The molecule has 0 saturated heterocycles. The van der Waals surface area contributed by atoms with Crippen LogP contribution in [0.4, 0.5) is 4.79 Å². The van der Waals surface area contributed by atoms with Gasteiger partial charge in [-0.3, -0.25) is 4.79 Å². The highest BCUT2D eigenvalue weighted by molar-refractivity contribution is 5.76. The second-order valence-electron chi connectivity index (χ2n) is 6.60. The van der Waals surface area contributed by atoms with Crippen LogP contribution in [0.5, 0.6) is 0 Å². The Morgan fingerprint density at radius 2 is 1.81 bits per heavy atom. The Kier molecular flexibility index (Phi) is 6.45. The van der Waals surface area contributed by atoms with E-state index in [0.717, 1.165) is 19.3 Å². The van der Waals surface area contributed by atoms with E-state index in [1.807, 2.05) is 25.7 Å². The minimum atomic E-state index is -0.900. The Morgan fingerprint density at radius 1 is 1.19 bits per heavy atom. The fourth-order valence-electron chi connectivity index (χ4n) is 2.45. The molecule has 1 rings (SSSR count). The first-order chi connectivity index (χ1) is 9.77. The molecule has 0 radical (unpaired) electrons. The van der Waals surface area contributed by atoms with Crippen molar-refractivity contribution in [1.29, 1.82) is 0 Å². The number of hydrogen-bond donors (Lipinski definition) is 2. The van der Waals surface area contributed by atoms with Crippen LogP contribution in [0, 0.1) is 0 Å². The van der Waals surface area contributed by atoms with Crippen LogP contribution in [-0.4, -0.2) is 63.3 Å². The summed E-state index contributed by atoms with van der Waals surface area (Å²) in [4.78, 5) is 27.1. The smallest absolute Gasteiger partial charge is 0.320 e. The van der Waals surface area contributed by atoms with Crippen LogP contribution in [0.15, 0.2) is 0 Å². The van der Waals surface area contributed by atoms with Crippen molar-refractivity contribution >= 4 is 12.0 Å². The van der Waals surface area contributed by atoms with Gasteiger partial charge in [0.2, 0.25) is 0 Å². The van der Waals surface area contributed by atoms with Crippen molar-refractivity contribution < 1.29 is 19.8 Å². The van der Waals surface area contributed by atoms with Crippen LogP contribution in [-0.2, 0) is 4.79 Å². The average molecular weight is 300 g/mol. The predicted molar refractivity (Wildman–Crippen MR) is 80.2 cm³/mol. The molecule has 0 aromatic heterocycles. The molecule has 21 heavy (non-hydrogen) atoms. The van der Waals surface area contributed by atoms with Crippen LogP contribution in [0.25, 0.3) is 0 Å². The number of aliphatic hydroxyl groups is 1. The van der Waals surface area contributed by atoms with Crippen molar-refractivity contribution in [3.63, 3.8) is 0 Å². The molecule has 1 saturated carbocycles. The van der Waals surface area contributed by atoms with Gasteiger partial charge in [0.05, 0.1) is 6.42 Å². The van der Waals surface area contributed by atoms with Crippen LogP contribution in [0.3, 0.4) is 0 Å². The van der Waals surface area contributed by atoms with Gasteiger partial charge in [0, 0.05) is 31.3 Å². The highest BCUT2D eigenvalue weighted by Crippen LogP contribution is 2.27. The van der Waals surface area contributed by atoms with Gasteiger partial charge >= 0.3 is 12.0 Å². The van der Waals surface area contributed by atoms with Gasteiger partial charge in [-0.15, -0.1) is 0 Å². The number of nitrogens with zero attached hydrogens (tertiary/aromatic N) is 2. The number of carbonyl (C=O) groups excluding carboxylic acids is 1. The molecule has 2 amide bonds. The average Bonchev–Trinajstić information content (AvgIpc) is 2.29. The zero-order chi connectivity index (χ0) is 16.0. The quantitative estimate of drug-likeness (QED) is 0.752. The van der Waals surface area contributed by atoms with E-state index >= 15 is 0 Å². The van der Waals surface area contributed by atoms with Gasteiger partial charge in [0.25, 0.3) is 0 Å². The molecule has 2 N–H and O–H groups in total. The highest BCUT2D eigenvalue weighted by atomic mass is 16.4. The maximum Gasteiger partial charge on any atom is 0.320 e. The number of rotatable bonds is 7. The zero-order valence-corrected chi connectivity index (χ0v) is 13.3. The molecule has 0 aliphatic heterocycles. The van der Waals surface area contributed by atoms with Crippen molar-refractivity contribution in [2.45, 2.75) is 64.5 Å². The molecular weight excluding hydrogens is 272 g/mol. The fourth-order valence-corrected chi connectivity index (χ4v) is 2.45. The summed E-state index contributed by atoms with van der Waals surface area (Å²) in [7, 11) is 0. The number of urea groups is 1. The van der Waals surface area contributed by atoms with Gasteiger partial charge in [0.1, 0.15) is 0 Å². The molecular formula is C15H28N2O4. The van der Waals surface area contributed by atoms with Crippen molar-refractivity contribution in [3.05, 3.63) is 0 Å². The van der Waals surface area contributed by atoms with Gasteiger partial charge in [-0.1, -0.05) is 0 Å². The van der Waals surface area contributed by atoms with E-state index in [0.29, 0.717) is 13.0 Å². The molecule has 122 valence electrons. The second-order valence-corrected chi connectivity index (χ2v) is 6.60. The Labute approximate surface area is 126 Å². The number of amides is 2. The van der Waals surface area contributed by atoms with Crippen LogP contribution >= 0.6 is 0 Å². The molecule has 0 spiro atoms. The first-order valence-electron chi connectivity index (χ1n) is 7.68. The van der Waals surface area contributed by atoms with E-state index in [4.69, 9.17) is 10.2 Å². The minimum absolute atomic E-state index is 0.0541. The third-order valence-electron chi connectivity index (χ3n) is 3.91. The molecule has 1 fully saturated rings. The standard InChI is InChI=1S/C15H28N2O4/c1-15(2,3)17(10-8-13(19)20)14(21)16(9-5-11-18)12-6-4-7-12/h12,18H,4-11H2,1-3H3,(H,19,20). The molecule has 0 aromatic carbocycles. The maximum atomic E-state index is 12.8. The van der Waals surface area contributed by atoms with Gasteiger partial charge in [0.15, 0.2) is 0 Å². The van der Waals surface area contributed by atoms with Crippen LogP contribution in [0.2, 0.25) is 0 Å². The molecule has 0 bridgehead atoms. The third kappa shape index (κ3) is 5.19. The van der Waals surface area contributed by atoms with E-state index < -0.39 is 11.5 Å². The van der Waals surface area contributed by atoms with E-state index in [2.05, 4.69) is 0 Å². The Morgan fingerprint density at radius 3 is 2.19 bits per heavy atom. The van der Waals surface area contributed by atoms with Crippen molar-refractivity contribution in [2.24, 2.45) is 0 Å². The number of aliphatic carboxylic acids is 1. The fraction of sp³-hybridized carbons (Fsp3) is 0.867. The van der Waals surface area contributed by atoms with Crippen LogP contribution < -0.4 is 0 Å². The van der Waals surface area contributed by atoms with Gasteiger partial charge in [-0.2, -0.15) is 0 Å². The Hall–Kier alpha value is -1.30.